The molecule has 6 heteroatoms. The highest BCUT2D eigenvalue weighted by molar-refractivity contribution is 6.31. The smallest absolute Gasteiger partial charge is 0.394 e. The number of carbonyl (C=O) groups excluding carboxylic acids is 1. The molecule has 0 bridgehead atoms. The number of carboxylic acid groups (broad SMARTS) is 1. The quantitative estimate of drug-likeness (QED) is 0.327. The summed E-state index contributed by atoms with van der Waals surface area (Å²) >= 11 is 0. The van der Waals surface area contributed by atoms with Crippen LogP contribution in [0.5, 0.6) is 0 Å². The highest BCUT2D eigenvalue weighted by atomic mass is 16.4. The Balaban J connectivity index is 2.39. The molecule has 0 aromatic heterocycles. The first-order valence-electron chi connectivity index (χ1n) is 2.86. The third kappa shape index (κ3) is 1.40. The van der Waals surface area contributed by atoms with E-state index in [2.05, 4.69) is 10.6 Å². The van der Waals surface area contributed by atoms with E-state index in [1.807, 2.05) is 0 Å². The van der Waals surface area contributed by atoms with Crippen LogP contribution in [0.25, 0.3) is 0 Å². The number of hydrogen-bond acceptors (Lipinski definition) is 4. The lowest BCUT2D eigenvalue weighted by Gasteiger charge is -2.25. The van der Waals surface area contributed by atoms with Crippen molar-refractivity contribution in [1.82, 2.24) is 10.6 Å². The summed E-state index contributed by atoms with van der Waals surface area (Å²) in [5.41, 5.74) is 5.68. The molecule has 6 nitrogen and oxygen atoms in total. The lowest BCUT2D eigenvalue weighted by molar-refractivity contribution is -0.150. The first kappa shape index (κ1) is 7.39. The zero-order valence-electron chi connectivity index (χ0n) is 5.50. The minimum absolute atomic E-state index is 0.416. The van der Waals surface area contributed by atoms with Gasteiger partial charge in [-0.3, -0.25) is 4.79 Å². The van der Waals surface area contributed by atoms with Crippen LogP contribution in [-0.2, 0) is 9.59 Å². The number of carboxylic acids is 1. The van der Waals surface area contributed by atoms with Gasteiger partial charge in [0.15, 0.2) is 0 Å². The fourth-order valence-corrected chi connectivity index (χ4v) is 0.581. The first-order chi connectivity index (χ1) is 5.11. The van der Waals surface area contributed by atoms with Crippen molar-refractivity contribution in [3.8, 4) is 0 Å². The van der Waals surface area contributed by atoms with E-state index in [1.54, 1.807) is 0 Å². The Bertz CT molecular complexity index is 235. The summed E-state index contributed by atoms with van der Waals surface area (Å²) in [6.07, 6.45) is 0.950. The van der Waals surface area contributed by atoms with Gasteiger partial charge in [0.2, 0.25) is 0 Å². The number of rotatable bonds is 1. The fourth-order valence-electron chi connectivity index (χ4n) is 0.581. The summed E-state index contributed by atoms with van der Waals surface area (Å²) < 4.78 is 0. The molecule has 60 valence electrons. The molecule has 1 atom stereocenters. The standard InChI is InChI=1S/C5H7N3O3/c6-2-1-7-3(2)8-4(9)5(10)11/h1,3,7H,6H2,(H,8,9)(H,10,11)/t3-/m0/s1. The molecule has 1 aliphatic heterocycles. The van der Waals surface area contributed by atoms with Crippen molar-refractivity contribution in [3.05, 3.63) is 11.9 Å². The van der Waals surface area contributed by atoms with Gasteiger partial charge in [-0.1, -0.05) is 0 Å². The largest absolute Gasteiger partial charge is 0.474 e. The van der Waals surface area contributed by atoms with Crippen molar-refractivity contribution in [1.29, 1.82) is 0 Å². The first-order valence-corrected chi connectivity index (χ1v) is 2.86. The molecule has 1 amide bonds. The van der Waals surface area contributed by atoms with Gasteiger partial charge in [0.05, 0.1) is 5.70 Å². The molecule has 1 aliphatic rings. The predicted molar refractivity (Wildman–Crippen MR) is 35.0 cm³/mol. The van der Waals surface area contributed by atoms with Gasteiger partial charge < -0.3 is 21.5 Å². The van der Waals surface area contributed by atoms with Crippen molar-refractivity contribution >= 4 is 11.9 Å². The highest BCUT2D eigenvalue weighted by Crippen LogP contribution is 1.99. The minimum atomic E-state index is -1.52. The number of hydrogen-bond donors (Lipinski definition) is 4. The Labute approximate surface area is 62.1 Å². The molecular formula is C5H7N3O3. The van der Waals surface area contributed by atoms with E-state index in [1.165, 1.54) is 6.20 Å². The highest BCUT2D eigenvalue weighted by Gasteiger charge is 2.22. The molecule has 0 aromatic rings. The molecule has 0 saturated carbocycles. The summed E-state index contributed by atoms with van der Waals surface area (Å²) in [4.78, 5) is 20.4. The van der Waals surface area contributed by atoms with E-state index in [9.17, 15) is 9.59 Å². The van der Waals surface area contributed by atoms with E-state index in [0.29, 0.717) is 5.70 Å². The molecular weight excluding hydrogens is 150 g/mol. The lowest BCUT2D eigenvalue weighted by atomic mass is 10.2. The third-order valence-electron chi connectivity index (χ3n) is 1.22. The van der Waals surface area contributed by atoms with Gasteiger partial charge in [-0.05, 0) is 0 Å². The Morgan fingerprint density at radius 2 is 2.36 bits per heavy atom. The van der Waals surface area contributed by atoms with Crippen LogP contribution in [0.4, 0.5) is 0 Å². The van der Waals surface area contributed by atoms with Crippen molar-refractivity contribution < 1.29 is 14.7 Å². The second kappa shape index (κ2) is 2.49. The van der Waals surface area contributed by atoms with E-state index in [-0.39, 0.29) is 0 Å². The fraction of sp³-hybridized carbons (Fsp3) is 0.200. The topological polar surface area (TPSA) is 104 Å². The Morgan fingerprint density at radius 1 is 1.73 bits per heavy atom. The Hall–Kier alpha value is -1.72. The maximum Gasteiger partial charge on any atom is 0.394 e. The van der Waals surface area contributed by atoms with Crippen LogP contribution < -0.4 is 16.4 Å². The van der Waals surface area contributed by atoms with Crippen molar-refractivity contribution in [2.45, 2.75) is 6.17 Å². The molecule has 0 radical (unpaired) electrons. The Kier molecular flexibility index (Phi) is 1.67. The van der Waals surface area contributed by atoms with Gasteiger partial charge in [0, 0.05) is 6.20 Å². The second-order valence-electron chi connectivity index (χ2n) is 2.02. The van der Waals surface area contributed by atoms with Crippen molar-refractivity contribution in [3.63, 3.8) is 0 Å². The Morgan fingerprint density at radius 3 is 2.64 bits per heavy atom. The van der Waals surface area contributed by atoms with Crippen LogP contribution in [-0.4, -0.2) is 23.1 Å². The third-order valence-corrected chi connectivity index (χ3v) is 1.22. The maximum absolute atomic E-state index is 10.5. The van der Waals surface area contributed by atoms with E-state index < -0.39 is 18.0 Å². The second-order valence-corrected chi connectivity index (χ2v) is 2.02. The summed E-state index contributed by atoms with van der Waals surface area (Å²) in [5.74, 6) is -2.59. The monoisotopic (exact) mass is 157 g/mol. The molecule has 0 saturated heterocycles. The van der Waals surface area contributed by atoms with Gasteiger partial charge in [0.25, 0.3) is 0 Å². The molecule has 11 heavy (non-hydrogen) atoms. The summed E-state index contributed by atoms with van der Waals surface area (Å²) in [7, 11) is 0. The number of aliphatic carboxylic acids is 1. The van der Waals surface area contributed by atoms with Crippen LogP contribution in [0.15, 0.2) is 11.9 Å². The van der Waals surface area contributed by atoms with Crippen molar-refractivity contribution in [2.75, 3.05) is 0 Å². The van der Waals surface area contributed by atoms with Gasteiger partial charge in [-0.15, -0.1) is 0 Å². The maximum atomic E-state index is 10.5. The SMILES string of the molecule is NC1=CN[C@H]1NC(=O)C(=O)O. The van der Waals surface area contributed by atoms with Crippen LogP contribution in [0.3, 0.4) is 0 Å². The van der Waals surface area contributed by atoms with Crippen LogP contribution in [0.2, 0.25) is 0 Å². The lowest BCUT2D eigenvalue weighted by Crippen LogP contribution is -2.54. The van der Waals surface area contributed by atoms with E-state index in [0.717, 1.165) is 0 Å². The summed E-state index contributed by atoms with van der Waals surface area (Å²) in [6.45, 7) is 0. The van der Waals surface area contributed by atoms with Gasteiger partial charge in [-0.25, -0.2) is 4.79 Å². The molecule has 0 unspecified atom stereocenters. The molecule has 5 N–H and O–H groups in total. The van der Waals surface area contributed by atoms with Gasteiger partial charge >= 0.3 is 11.9 Å². The normalized spacial score (nSPS) is 20.7. The van der Waals surface area contributed by atoms with Gasteiger partial charge in [0.1, 0.15) is 6.17 Å². The summed E-state index contributed by atoms with van der Waals surface area (Å²) in [5, 5.41) is 12.9. The van der Waals surface area contributed by atoms with E-state index >= 15 is 0 Å². The number of nitrogens with one attached hydrogen (secondary N) is 2. The molecule has 1 heterocycles. The van der Waals surface area contributed by atoms with Crippen LogP contribution in [0, 0.1) is 0 Å². The number of carbonyl (C=O) groups is 2. The molecule has 1 rings (SSSR count). The molecule has 0 aliphatic carbocycles. The van der Waals surface area contributed by atoms with Gasteiger partial charge in [-0.2, -0.15) is 0 Å². The summed E-state index contributed by atoms with van der Waals surface area (Å²) in [6, 6.07) is 0. The zero-order chi connectivity index (χ0) is 8.43. The van der Waals surface area contributed by atoms with Crippen LogP contribution >= 0.6 is 0 Å². The number of amides is 1. The van der Waals surface area contributed by atoms with E-state index in [4.69, 9.17) is 10.8 Å². The average molecular weight is 157 g/mol. The molecule has 0 aromatic carbocycles. The number of nitrogens with two attached hydrogens (primary N) is 1. The van der Waals surface area contributed by atoms with Crippen LogP contribution in [0.1, 0.15) is 0 Å². The molecule has 0 spiro atoms. The minimum Gasteiger partial charge on any atom is -0.474 e. The zero-order valence-corrected chi connectivity index (χ0v) is 5.50. The molecule has 0 fully saturated rings. The average Bonchev–Trinajstić information content (AvgIpc) is 1.96. The predicted octanol–water partition coefficient (Wildman–Crippen LogP) is -2.08. The van der Waals surface area contributed by atoms with Crippen molar-refractivity contribution in [2.24, 2.45) is 5.73 Å².